The van der Waals surface area contributed by atoms with Crippen molar-refractivity contribution in [3.05, 3.63) is 29.3 Å². The predicted molar refractivity (Wildman–Crippen MR) is 91.2 cm³/mol. The molecule has 0 atom stereocenters. The van der Waals surface area contributed by atoms with Gasteiger partial charge in [-0.15, -0.1) is 11.3 Å². The van der Waals surface area contributed by atoms with Crippen LogP contribution in [0.5, 0.6) is 0 Å². The summed E-state index contributed by atoms with van der Waals surface area (Å²) in [6.45, 7) is 5.49. The first kappa shape index (κ1) is 15.4. The molecule has 4 nitrogen and oxygen atoms in total. The number of nitrogens with zero attached hydrogens (tertiary/aromatic N) is 2. The monoisotopic (exact) mass is 317 g/mol. The number of aromatic nitrogens is 1. The van der Waals surface area contributed by atoms with E-state index in [2.05, 4.69) is 28.2 Å². The Morgan fingerprint density at radius 1 is 1.36 bits per heavy atom. The minimum Gasteiger partial charge on any atom is -0.353 e. The van der Waals surface area contributed by atoms with E-state index in [1.54, 1.807) is 11.3 Å². The third-order valence-electron chi connectivity index (χ3n) is 4.30. The minimum atomic E-state index is 0.161. The highest BCUT2D eigenvalue weighted by Gasteiger charge is 2.19. The minimum absolute atomic E-state index is 0.161. The van der Waals surface area contributed by atoms with E-state index in [9.17, 15) is 4.79 Å². The number of para-hydroxylation sites is 1. The number of amides is 1. The Morgan fingerprint density at radius 3 is 2.86 bits per heavy atom. The molecule has 2 aromatic rings. The van der Waals surface area contributed by atoms with E-state index < -0.39 is 0 Å². The molecule has 1 N–H and O–H groups in total. The van der Waals surface area contributed by atoms with Crippen molar-refractivity contribution in [3.8, 4) is 0 Å². The average molecular weight is 317 g/mol. The molecule has 0 spiro atoms. The van der Waals surface area contributed by atoms with Crippen LogP contribution in [0.15, 0.2) is 24.3 Å². The van der Waals surface area contributed by atoms with Gasteiger partial charge in [-0.2, -0.15) is 0 Å². The molecule has 0 radical (unpaired) electrons. The quantitative estimate of drug-likeness (QED) is 0.922. The molecule has 1 aliphatic heterocycles. The molecule has 0 unspecified atom stereocenters. The molecular weight excluding hydrogens is 294 g/mol. The van der Waals surface area contributed by atoms with E-state index >= 15 is 0 Å². The van der Waals surface area contributed by atoms with Gasteiger partial charge in [-0.1, -0.05) is 19.1 Å². The molecule has 1 fully saturated rings. The summed E-state index contributed by atoms with van der Waals surface area (Å²) in [5, 5.41) is 4.23. The van der Waals surface area contributed by atoms with Crippen LogP contribution >= 0.6 is 11.3 Å². The maximum atomic E-state index is 12.1. The van der Waals surface area contributed by atoms with Crippen LogP contribution in [0.2, 0.25) is 0 Å². The number of likely N-dealkylation sites (tertiary alicyclic amines) is 1. The number of nitrogens with one attached hydrogen (secondary N) is 1. The Kier molecular flexibility index (Phi) is 5.05. The molecule has 1 amide bonds. The van der Waals surface area contributed by atoms with E-state index in [-0.39, 0.29) is 5.91 Å². The third kappa shape index (κ3) is 3.84. The maximum absolute atomic E-state index is 12.1. The lowest BCUT2D eigenvalue weighted by atomic mass is 10.0. The second-order valence-electron chi connectivity index (χ2n) is 5.85. The van der Waals surface area contributed by atoms with Crippen LogP contribution in [0.4, 0.5) is 0 Å². The molecule has 2 heterocycles. The van der Waals surface area contributed by atoms with Gasteiger partial charge in [-0.05, 0) is 31.5 Å². The number of fused-ring (bicyclic) bond motifs is 1. The summed E-state index contributed by atoms with van der Waals surface area (Å²) in [5.41, 5.74) is 1.04. The number of hydrogen-bond acceptors (Lipinski definition) is 4. The highest BCUT2D eigenvalue weighted by molar-refractivity contribution is 7.18. The summed E-state index contributed by atoms with van der Waals surface area (Å²) in [7, 11) is 0. The first-order chi connectivity index (χ1) is 10.7. The van der Waals surface area contributed by atoms with Gasteiger partial charge < -0.3 is 10.2 Å². The summed E-state index contributed by atoms with van der Waals surface area (Å²) < 4.78 is 1.20. The Balaban J connectivity index is 1.46. The van der Waals surface area contributed by atoms with Crippen LogP contribution in [-0.2, 0) is 11.2 Å². The van der Waals surface area contributed by atoms with Gasteiger partial charge in [0.15, 0.2) is 0 Å². The molecule has 1 aromatic carbocycles. The van der Waals surface area contributed by atoms with Crippen molar-refractivity contribution in [2.45, 2.75) is 38.6 Å². The van der Waals surface area contributed by atoms with Gasteiger partial charge in [0.25, 0.3) is 0 Å². The smallest absolute Gasteiger partial charge is 0.220 e. The van der Waals surface area contributed by atoms with E-state index in [1.165, 1.54) is 4.70 Å². The van der Waals surface area contributed by atoms with Crippen molar-refractivity contribution in [1.82, 2.24) is 15.2 Å². The lowest BCUT2D eigenvalue weighted by Gasteiger charge is -2.31. The predicted octanol–water partition coefficient (Wildman–Crippen LogP) is 2.83. The molecule has 3 rings (SSSR count). The fourth-order valence-electron chi connectivity index (χ4n) is 2.94. The number of carbonyl (C=O) groups is 1. The van der Waals surface area contributed by atoms with E-state index in [0.29, 0.717) is 12.5 Å². The first-order valence-electron chi connectivity index (χ1n) is 8.11. The summed E-state index contributed by atoms with van der Waals surface area (Å²) in [6.07, 6.45) is 3.41. The molecule has 1 aliphatic rings. The lowest BCUT2D eigenvalue weighted by Crippen LogP contribution is -2.44. The molecule has 0 saturated carbocycles. The van der Waals surface area contributed by atoms with Crippen molar-refractivity contribution >= 4 is 27.5 Å². The Hall–Kier alpha value is -1.46. The summed E-state index contributed by atoms with van der Waals surface area (Å²) in [5.74, 6) is 0.161. The van der Waals surface area contributed by atoms with Gasteiger partial charge in [0.1, 0.15) is 0 Å². The zero-order valence-corrected chi connectivity index (χ0v) is 13.9. The third-order valence-corrected chi connectivity index (χ3v) is 5.40. The number of benzene rings is 1. The van der Waals surface area contributed by atoms with Crippen LogP contribution in [0, 0.1) is 0 Å². The normalized spacial score (nSPS) is 17.0. The molecule has 118 valence electrons. The standard InChI is InChI=1S/C17H23N3OS/c1-2-20-11-9-13(10-12-20)18-16(21)7-8-17-19-14-5-3-4-6-15(14)22-17/h3-6,13H,2,7-12H2,1H3,(H,18,21). The molecule has 1 aromatic heterocycles. The summed E-state index contributed by atoms with van der Waals surface area (Å²) in [4.78, 5) is 19.1. The summed E-state index contributed by atoms with van der Waals surface area (Å²) >= 11 is 1.69. The molecule has 22 heavy (non-hydrogen) atoms. The zero-order valence-electron chi connectivity index (χ0n) is 13.0. The van der Waals surface area contributed by atoms with Gasteiger partial charge in [-0.25, -0.2) is 4.98 Å². The fourth-order valence-corrected chi connectivity index (χ4v) is 3.91. The summed E-state index contributed by atoms with van der Waals surface area (Å²) in [6, 6.07) is 8.49. The van der Waals surface area contributed by atoms with Crippen molar-refractivity contribution in [3.63, 3.8) is 0 Å². The van der Waals surface area contributed by atoms with Crippen LogP contribution < -0.4 is 5.32 Å². The fraction of sp³-hybridized carbons (Fsp3) is 0.529. The topological polar surface area (TPSA) is 45.2 Å². The van der Waals surface area contributed by atoms with Crippen LogP contribution in [0.3, 0.4) is 0 Å². The first-order valence-corrected chi connectivity index (χ1v) is 8.92. The van der Waals surface area contributed by atoms with E-state index in [0.717, 1.165) is 49.4 Å². The number of thiazole rings is 1. The van der Waals surface area contributed by atoms with Gasteiger partial charge in [0.2, 0.25) is 5.91 Å². The van der Waals surface area contributed by atoms with Crippen LogP contribution in [0.1, 0.15) is 31.2 Å². The van der Waals surface area contributed by atoms with Crippen molar-refractivity contribution < 1.29 is 4.79 Å². The highest BCUT2D eigenvalue weighted by atomic mass is 32.1. The zero-order chi connectivity index (χ0) is 15.4. The van der Waals surface area contributed by atoms with E-state index in [4.69, 9.17) is 0 Å². The van der Waals surface area contributed by atoms with Gasteiger partial charge in [0, 0.05) is 32.0 Å². The van der Waals surface area contributed by atoms with Crippen molar-refractivity contribution in [1.29, 1.82) is 0 Å². The maximum Gasteiger partial charge on any atom is 0.220 e. The number of aryl methyl sites for hydroxylation is 1. The molecule has 0 bridgehead atoms. The van der Waals surface area contributed by atoms with Crippen molar-refractivity contribution in [2.24, 2.45) is 0 Å². The van der Waals surface area contributed by atoms with Gasteiger partial charge in [0.05, 0.1) is 15.2 Å². The highest BCUT2D eigenvalue weighted by Crippen LogP contribution is 2.22. The molecule has 5 heteroatoms. The Bertz CT molecular complexity index is 599. The number of piperidine rings is 1. The van der Waals surface area contributed by atoms with Gasteiger partial charge in [-0.3, -0.25) is 4.79 Å². The SMILES string of the molecule is CCN1CCC(NC(=O)CCc2nc3ccccc3s2)CC1. The molecular formula is C17H23N3OS. The Labute approximate surface area is 135 Å². The second-order valence-corrected chi connectivity index (χ2v) is 6.97. The van der Waals surface area contributed by atoms with E-state index in [1.807, 2.05) is 18.2 Å². The lowest BCUT2D eigenvalue weighted by molar-refractivity contribution is -0.122. The molecule has 1 saturated heterocycles. The number of hydrogen-bond donors (Lipinski definition) is 1. The number of carbonyl (C=O) groups excluding carboxylic acids is 1. The number of rotatable bonds is 5. The second kappa shape index (κ2) is 7.20. The van der Waals surface area contributed by atoms with Crippen LogP contribution in [0.25, 0.3) is 10.2 Å². The van der Waals surface area contributed by atoms with Crippen LogP contribution in [-0.4, -0.2) is 41.5 Å². The van der Waals surface area contributed by atoms with Gasteiger partial charge >= 0.3 is 0 Å². The molecule has 0 aliphatic carbocycles. The average Bonchev–Trinajstić information content (AvgIpc) is 2.96. The van der Waals surface area contributed by atoms with Crippen molar-refractivity contribution in [2.75, 3.05) is 19.6 Å². The largest absolute Gasteiger partial charge is 0.353 e. The Morgan fingerprint density at radius 2 is 2.14 bits per heavy atom.